The highest BCUT2D eigenvalue weighted by atomic mass is 19.1. The minimum Gasteiger partial charge on any atom is -0.469 e. The van der Waals surface area contributed by atoms with Crippen molar-refractivity contribution in [3.05, 3.63) is 35.4 Å². The molecule has 0 aliphatic carbocycles. The minimum absolute atomic E-state index is 0.117. The van der Waals surface area contributed by atoms with Crippen LogP contribution < -0.4 is 5.32 Å². The Morgan fingerprint density at radius 1 is 1.19 bits per heavy atom. The average Bonchev–Trinajstić information content (AvgIpc) is 2.45. The van der Waals surface area contributed by atoms with Crippen molar-refractivity contribution in [3.8, 4) is 0 Å². The van der Waals surface area contributed by atoms with Crippen LogP contribution in [0.5, 0.6) is 0 Å². The normalized spacial score (nSPS) is 10.2. The molecule has 0 aromatic heterocycles. The van der Waals surface area contributed by atoms with E-state index in [1.807, 2.05) is 0 Å². The fourth-order valence-electron chi connectivity index (χ4n) is 1.80. The topological polar surface area (TPSA) is 55.4 Å². The summed E-state index contributed by atoms with van der Waals surface area (Å²) in [5, 5.41) is 2.66. The fourth-order valence-corrected chi connectivity index (χ4v) is 1.80. The summed E-state index contributed by atoms with van der Waals surface area (Å²) >= 11 is 0. The third kappa shape index (κ3) is 6.83. The number of halogens is 2. The number of hydrogen-bond acceptors (Lipinski definition) is 3. The van der Waals surface area contributed by atoms with Crippen molar-refractivity contribution in [1.82, 2.24) is 5.32 Å². The van der Waals surface area contributed by atoms with E-state index < -0.39 is 11.6 Å². The molecule has 0 unspecified atom stereocenters. The lowest BCUT2D eigenvalue weighted by atomic mass is 10.1. The van der Waals surface area contributed by atoms with Gasteiger partial charge in [0.2, 0.25) is 5.91 Å². The summed E-state index contributed by atoms with van der Waals surface area (Å²) in [6.07, 6.45) is 2.48. The summed E-state index contributed by atoms with van der Waals surface area (Å²) in [7, 11) is 1.34. The van der Waals surface area contributed by atoms with Gasteiger partial charge in [-0.15, -0.1) is 0 Å². The first-order valence-corrected chi connectivity index (χ1v) is 6.80. The van der Waals surface area contributed by atoms with Crippen molar-refractivity contribution >= 4 is 11.9 Å². The zero-order chi connectivity index (χ0) is 15.7. The van der Waals surface area contributed by atoms with Gasteiger partial charge in [-0.25, -0.2) is 8.78 Å². The molecule has 116 valence electrons. The smallest absolute Gasteiger partial charge is 0.305 e. The number of rotatable bonds is 8. The van der Waals surface area contributed by atoms with Gasteiger partial charge in [-0.05, 0) is 24.5 Å². The SMILES string of the molecule is COC(=O)CCCCCNC(=O)Cc1ccc(F)cc1F. The Bertz CT molecular complexity index is 492. The van der Waals surface area contributed by atoms with Crippen LogP contribution in [0.1, 0.15) is 31.2 Å². The Kier molecular flexibility index (Phi) is 7.36. The maximum Gasteiger partial charge on any atom is 0.305 e. The van der Waals surface area contributed by atoms with E-state index in [9.17, 15) is 18.4 Å². The standard InChI is InChI=1S/C15H19F2NO3/c1-21-15(20)5-3-2-4-8-18-14(19)9-11-6-7-12(16)10-13(11)17/h6-7,10H,2-5,8-9H2,1H3,(H,18,19). The number of carbonyl (C=O) groups is 2. The van der Waals surface area contributed by atoms with Gasteiger partial charge in [-0.2, -0.15) is 0 Å². The van der Waals surface area contributed by atoms with Crippen molar-refractivity contribution in [2.24, 2.45) is 0 Å². The van der Waals surface area contributed by atoms with Gasteiger partial charge < -0.3 is 10.1 Å². The third-order valence-corrected chi connectivity index (χ3v) is 2.97. The Hall–Kier alpha value is -1.98. The molecule has 0 saturated heterocycles. The Balaban J connectivity index is 2.18. The fraction of sp³-hybridized carbons (Fsp3) is 0.467. The molecule has 0 aliphatic heterocycles. The molecule has 0 spiro atoms. The number of benzene rings is 1. The van der Waals surface area contributed by atoms with E-state index in [2.05, 4.69) is 10.1 Å². The van der Waals surface area contributed by atoms with E-state index in [0.29, 0.717) is 19.4 Å². The number of unbranched alkanes of at least 4 members (excludes halogenated alkanes) is 2. The van der Waals surface area contributed by atoms with Gasteiger partial charge in [-0.1, -0.05) is 12.5 Å². The van der Waals surface area contributed by atoms with Gasteiger partial charge in [0.25, 0.3) is 0 Å². The quantitative estimate of drug-likeness (QED) is 0.592. The van der Waals surface area contributed by atoms with Crippen LogP contribution in [-0.4, -0.2) is 25.5 Å². The largest absolute Gasteiger partial charge is 0.469 e. The molecule has 1 rings (SSSR count). The highest BCUT2D eigenvalue weighted by Crippen LogP contribution is 2.10. The van der Waals surface area contributed by atoms with E-state index >= 15 is 0 Å². The maximum atomic E-state index is 13.3. The summed E-state index contributed by atoms with van der Waals surface area (Å²) in [6.45, 7) is 0.461. The number of amides is 1. The maximum absolute atomic E-state index is 13.3. The van der Waals surface area contributed by atoms with Crippen molar-refractivity contribution in [3.63, 3.8) is 0 Å². The number of nitrogens with one attached hydrogen (secondary N) is 1. The van der Waals surface area contributed by atoms with Crippen molar-refractivity contribution in [2.75, 3.05) is 13.7 Å². The molecule has 0 heterocycles. The molecule has 0 aliphatic rings. The zero-order valence-electron chi connectivity index (χ0n) is 12.0. The lowest BCUT2D eigenvalue weighted by Gasteiger charge is -2.06. The molecule has 6 heteroatoms. The van der Waals surface area contributed by atoms with Gasteiger partial charge >= 0.3 is 5.97 Å². The molecule has 0 saturated carbocycles. The van der Waals surface area contributed by atoms with E-state index in [4.69, 9.17) is 0 Å². The summed E-state index contributed by atoms with van der Waals surface area (Å²) in [5.74, 6) is -1.94. The van der Waals surface area contributed by atoms with Crippen molar-refractivity contribution in [1.29, 1.82) is 0 Å². The molecule has 0 bridgehead atoms. The number of methoxy groups -OCH3 is 1. The van der Waals surface area contributed by atoms with Gasteiger partial charge in [0, 0.05) is 19.0 Å². The molecule has 0 fully saturated rings. The van der Waals surface area contributed by atoms with Crippen molar-refractivity contribution in [2.45, 2.75) is 32.1 Å². The predicted molar refractivity (Wildman–Crippen MR) is 73.6 cm³/mol. The monoisotopic (exact) mass is 299 g/mol. The van der Waals surface area contributed by atoms with Crippen LogP contribution in [0.25, 0.3) is 0 Å². The van der Waals surface area contributed by atoms with Gasteiger partial charge in [-0.3, -0.25) is 9.59 Å². The Labute approximate surface area is 122 Å². The number of carbonyl (C=O) groups excluding carboxylic acids is 2. The second-order valence-corrected chi connectivity index (χ2v) is 4.65. The van der Waals surface area contributed by atoms with E-state index in [1.165, 1.54) is 13.2 Å². The molecular weight excluding hydrogens is 280 g/mol. The Morgan fingerprint density at radius 2 is 1.95 bits per heavy atom. The van der Waals surface area contributed by atoms with Crippen LogP contribution in [0.4, 0.5) is 8.78 Å². The lowest BCUT2D eigenvalue weighted by molar-refractivity contribution is -0.140. The van der Waals surface area contributed by atoms with Crippen LogP contribution in [0.3, 0.4) is 0 Å². The molecule has 0 radical (unpaired) electrons. The summed E-state index contributed by atoms with van der Waals surface area (Å²) in [6, 6.07) is 3.15. The Morgan fingerprint density at radius 3 is 2.62 bits per heavy atom. The second-order valence-electron chi connectivity index (χ2n) is 4.65. The molecule has 21 heavy (non-hydrogen) atoms. The summed E-state index contributed by atoms with van der Waals surface area (Å²) < 4.78 is 30.6. The van der Waals surface area contributed by atoms with Crippen LogP contribution in [0.2, 0.25) is 0 Å². The number of hydrogen-bond donors (Lipinski definition) is 1. The molecule has 1 N–H and O–H groups in total. The van der Waals surface area contributed by atoms with Crippen LogP contribution in [0.15, 0.2) is 18.2 Å². The first-order chi connectivity index (χ1) is 10.0. The van der Waals surface area contributed by atoms with Crippen molar-refractivity contribution < 1.29 is 23.1 Å². The molecular formula is C15H19F2NO3. The van der Waals surface area contributed by atoms with Crippen LogP contribution in [0, 0.1) is 11.6 Å². The zero-order valence-corrected chi connectivity index (χ0v) is 12.0. The molecule has 1 aromatic rings. The van der Waals surface area contributed by atoms with E-state index in [-0.39, 0.29) is 23.9 Å². The summed E-state index contributed by atoms with van der Waals surface area (Å²) in [4.78, 5) is 22.4. The molecule has 1 aromatic carbocycles. The van der Waals surface area contributed by atoms with E-state index in [0.717, 1.165) is 25.0 Å². The number of ether oxygens (including phenoxy) is 1. The second kappa shape index (κ2) is 9.05. The van der Waals surface area contributed by atoms with Gasteiger partial charge in [0.1, 0.15) is 11.6 Å². The lowest BCUT2D eigenvalue weighted by Crippen LogP contribution is -2.26. The molecule has 1 amide bonds. The molecule has 4 nitrogen and oxygen atoms in total. The van der Waals surface area contributed by atoms with Crippen LogP contribution >= 0.6 is 0 Å². The van der Waals surface area contributed by atoms with Gasteiger partial charge in [0.15, 0.2) is 0 Å². The van der Waals surface area contributed by atoms with Gasteiger partial charge in [0.05, 0.1) is 13.5 Å². The van der Waals surface area contributed by atoms with Crippen LogP contribution in [-0.2, 0) is 20.7 Å². The first kappa shape index (κ1) is 17.1. The highest BCUT2D eigenvalue weighted by Gasteiger charge is 2.08. The number of esters is 1. The third-order valence-electron chi connectivity index (χ3n) is 2.97. The predicted octanol–water partition coefficient (Wildman–Crippen LogP) is 2.36. The minimum atomic E-state index is -0.719. The average molecular weight is 299 g/mol. The first-order valence-electron chi connectivity index (χ1n) is 6.80. The molecule has 0 atom stereocenters. The highest BCUT2D eigenvalue weighted by molar-refractivity contribution is 5.78. The summed E-state index contributed by atoms with van der Waals surface area (Å²) in [5.41, 5.74) is 0.166. The van der Waals surface area contributed by atoms with E-state index in [1.54, 1.807) is 0 Å².